The molecule has 3 rings (SSSR count). The van der Waals surface area contributed by atoms with Gasteiger partial charge in [0.05, 0.1) is 11.7 Å². The SMILES string of the molecule is C[C@@H](Nc1cc(Cl)nc(N)n1)c1ccc2c(c1)NC(=O)CO2. The number of amides is 1. The van der Waals surface area contributed by atoms with Gasteiger partial charge in [0.1, 0.15) is 16.7 Å². The first-order valence-corrected chi connectivity index (χ1v) is 7.02. The Morgan fingerprint density at radius 3 is 3.00 bits per heavy atom. The van der Waals surface area contributed by atoms with Crippen molar-refractivity contribution < 1.29 is 9.53 Å². The van der Waals surface area contributed by atoms with Crippen LogP contribution in [0.3, 0.4) is 0 Å². The van der Waals surface area contributed by atoms with E-state index < -0.39 is 0 Å². The predicted molar refractivity (Wildman–Crippen MR) is 84.1 cm³/mol. The van der Waals surface area contributed by atoms with Crippen LogP contribution in [0.15, 0.2) is 24.3 Å². The van der Waals surface area contributed by atoms with E-state index in [1.165, 1.54) is 0 Å². The van der Waals surface area contributed by atoms with E-state index in [0.29, 0.717) is 17.3 Å². The summed E-state index contributed by atoms with van der Waals surface area (Å²) in [5.41, 5.74) is 7.18. The van der Waals surface area contributed by atoms with Gasteiger partial charge in [-0.2, -0.15) is 4.98 Å². The Bertz CT molecular complexity index is 717. The molecule has 7 nitrogen and oxygen atoms in total. The lowest BCUT2D eigenvalue weighted by Gasteiger charge is -2.21. The van der Waals surface area contributed by atoms with Gasteiger partial charge in [-0.15, -0.1) is 0 Å². The number of carbonyl (C=O) groups excluding carboxylic acids is 1. The van der Waals surface area contributed by atoms with Crippen LogP contribution in [0.1, 0.15) is 18.5 Å². The van der Waals surface area contributed by atoms with Crippen LogP contribution in [0.2, 0.25) is 5.15 Å². The third kappa shape index (κ3) is 3.04. The van der Waals surface area contributed by atoms with Gasteiger partial charge in [-0.1, -0.05) is 17.7 Å². The molecule has 0 aliphatic carbocycles. The van der Waals surface area contributed by atoms with Crippen molar-refractivity contribution in [1.82, 2.24) is 9.97 Å². The fraction of sp³-hybridized carbons (Fsp3) is 0.214. The van der Waals surface area contributed by atoms with Crippen LogP contribution in [-0.4, -0.2) is 22.5 Å². The molecule has 0 saturated carbocycles. The van der Waals surface area contributed by atoms with Crippen molar-refractivity contribution in [3.63, 3.8) is 0 Å². The highest BCUT2D eigenvalue weighted by Gasteiger charge is 2.17. The Labute approximate surface area is 131 Å². The summed E-state index contributed by atoms with van der Waals surface area (Å²) in [5, 5.41) is 6.24. The first-order chi connectivity index (χ1) is 10.5. The van der Waals surface area contributed by atoms with Crippen LogP contribution in [0.25, 0.3) is 0 Å². The molecule has 1 atom stereocenters. The van der Waals surface area contributed by atoms with Gasteiger partial charge in [0.2, 0.25) is 5.95 Å². The molecule has 0 saturated heterocycles. The molecule has 1 amide bonds. The van der Waals surface area contributed by atoms with E-state index in [-0.39, 0.29) is 29.7 Å². The molecule has 2 aromatic rings. The smallest absolute Gasteiger partial charge is 0.262 e. The molecule has 0 unspecified atom stereocenters. The van der Waals surface area contributed by atoms with Crippen LogP contribution in [-0.2, 0) is 4.79 Å². The minimum absolute atomic E-state index is 0.0405. The quantitative estimate of drug-likeness (QED) is 0.750. The average molecular weight is 320 g/mol. The highest BCUT2D eigenvalue weighted by Crippen LogP contribution is 2.31. The number of anilines is 3. The molecule has 114 valence electrons. The van der Waals surface area contributed by atoms with Crippen molar-refractivity contribution in [3.05, 3.63) is 35.0 Å². The Hall–Kier alpha value is -2.54. The van der Waals surface area contributed by atoms with E-state index in [1.54, 1.807) is 6.07 Å². The van der Waals surface area contributed by atoms with Gasteiger partial charge in [-0.25, -0.2) is 4.98 Å². The summed E-state index contributed by atoms with van der Waals surface area (Å²) in [5.74, 6) is 1.13. The maximum atomic E-state index is 11.4. The number of benzene rings is 1. The summed E-state index contributed by atoms with van der Waals surface area (Å²) in [6.45, 7) is 2.00. The van der Waals surface area contributed by atoms with Gasteiger partial charge in [0, 0.05) is 6.07 Å². The zero-order valence-electron chi connectivity index (χ0n) is 11.8. The predicted octanol–water partition coefficient (Wildman–Crippen LogP) is 2.22. The summed E-state index contributed by atoms with van der Waals surface area (Å²) in [4.78, 5) is 19.3. The molecule has 0 spiro atoms. The number of ether oxygens (including phenoxy) is 1. The number of hydrogen-bond acceptors (Lipinski definition) is 6. The second-order valence-corrected chi connectivity index (χ2v) is 5.28. The first-order valence-electron chi connectivity index (χ1n) is 6.64. The topological polar surface area (TPSA) is 102 Å². The van der Waals surface area contributed by atoms with Crippen molar-refractivity contribution in [2.24, 2.45) is 0 Å². The lowest BCUT2D eigenvalue weighted by atomic mass is 10.1. The zero-order valence-corrected chi connectivity index (χ0v) is 12.5. The second-order valence-electron chi connectivity index (χ2n) is 4.89. The number of nitrogens with one attached hydrogen (secondary N) is 2. The largest absolute Gasteiger partial charge is 0.482 e. The van der Waals surface area contributed by atoms with Gasteiger partial charge in [0.25, 0.3) is 5.91 Å². The summed E-state index contributed by atoms with van der Waals surface area (Å²) < 4.78 is 5.33. The van der Waals surface area contributed by atoms with Gasteiger partial charge >= 0.3 is 0 Å². The minimum Gasteiger partial charge on any atom is -0.482 e. The third-order valence-corrected chi connectivity index (χ3v) is 3.41. The summed E-state index contributed by atoms with van der Waals surface area (Å²) in [6, 6.07) is 7.12. The van der Waals surface area contributed by atoms with E-state index in [9.17, 15) is 4.79 Å². The molecule has 1 aliphatic heterocycles. The van der Waals surface area contributed by atoms with Crippen molar-refractivity contribution in [2.45, 2.75) is 13.0 Å². The molecule has 22 heavy (non-hydrogen) atoms. The monoisotopic (exact) mass is 319 g/mol. The number of nitrogens with zero attached hydrogens (tertiary/aromatic N) is 2. The normalized spacial score (nSPS) is 14.5. The van der Waals surface area contributed by atoms with Crippen LogP contribution in [0.4, 0.5) is 17.5 Å². The van der Waals surface area contributed by atoms with E-state index in [1.807, 2.05) is 25.1 Å². The van der Waals surface area contributed by atoms with E-state index in [0.717, 1.165) is 5.56 Å². The summed E-state index contributed by atoms with van der Waals surface area (Å²) in [7, 11) is 0. The number of rotatable bonds is 3. The molecule has 0 bridgehead atoms. The number of halogens is 1. The van der Waals surface area contributed by atoms with Crippen LogP contribution >= 0.6 is 11.6 Å². The minimum atomic E-state index is -0.166. The Morgan fingerprint density at radius 1 is 1.41 bits per heavy atom. The molecule has 0 fully saturated rings. The lowest BCUT2D eigenvalue weighted by Crippen LogP contribution is -2.25. The maximum absolute atomic E-state index is 11.4. The number of carbonyl (C=O) groups is 1. The molecule has 1 aliphatic rings. The first kappa shape index (κ1) is 14.4. The third-order valence-electron chi connectivity index (χ3n) is 3.21. The Kier molecular flexibility index (Phi) is 3.72. The zero-order chi connectivity index (χ0) is 15.7. The molecule has 2 heterocycles. The van der Waals surface area contributed by atoms with Gasteiger partial charge in [0.15, 0.2) is 6.61 Å². The number of aromatic nitrogens is 2. The van der Waals surface area contributed by atoms with Gasteiger partial charge in [-0.05, 0) is 24.6 Å². The Morgan fingerprint density at radius 2 is 2.23 bits per heavy atom. The maximum Gasteiger partial charge on any atom is 0.262 e. The highest BCUT2D eigenvalue weighted by molar-refractivity contribution is 6.29. The van der Waals surface area contributed by atoms with Crippen molar-refractivity contribution in [2.75, 3.05) is 23.0 Å². The molecular weight excluding hydrogens is 306 g/mol. The second kappa shape index (κ2) is 5.69. The van der Waals surface area contributed by atoms with Gasteiger partial charge < -0.3 is 21.1 Å². The fourth-order valence-corrected chi connectivity index (χ4v) is 2.37. The van der Waals surface area contributed by atoms with Crippen LogP contribution in [0, 0.1) is 0 Å². The molecule has 8 heteroatoms. The highest BCUT2D eigenvalue weighted by atomic mass is 35.5. The van der Waals surface area contributed by atoms with Gasteiger partial charge in [-0.3, -0.25) is 4.79 Å². The van der Waals surface area contributed by atoms with Crippen molar-refractivity contribution in [3.8, 4) is 5.75 Å². The molecular formula is C14H14ClN5O2. The number of nitrogen functional groups attached to an aromatic ring is 1. The standard InChI is InChI=1S/C14H14ClN5O2/c1-7(17-12-5-11(15)19-14(16)20-12)8-2-3-10-9(4-8)18-13(21)6-22-10/h2-5,7H,6H2,1H3,(H,18,21)(H3,16,17,19,20)/t7-/m1/s1. The summed E-state index contributed by atoms with van der Waals surface area (Å²) >= 11 is 5.86. The summed E-state index contributed by atoms with van der Waals surface area (Å²) in [6.07, 6.45) is 0. The van der Waals surface area contributed by atoms with E-state index in [4.69, 9.17) is 22.1 Å². The average Bonchev–Trinajstić information content (AvgIpc) is 2.45. The van der Waals surface area contributed by atoms with Crippen LogP contribution < -0.4 is 21.1 Å². The Balaban J connectivity index is 1.81. The molecule has 4 N–H and O–H groups in total. The van der Waals surface area contributed by atoms with Crippen molar-refractivity contribution >= 4 is 35.0 Å². The number of nitrogens with two attached hydrogens (primary N) is 1. The van der Waals surface area contributed by atoms with Crippen molar-refractivity contribution in [1.29, 1.82) is 0 Å². The molecule has 1 aromatic carbocycles. The number of hydrogen-bond donors (Lipinski definition) is 3. The van der Waals surface area contributed by atoms with E-state index >= 15 is 0 Å². The lowest BCUT2D eigenvalue weighted by molar-refractivity contribution is -0.118. The van der Waals surface area contributed by atoms with Crippen LogP contribution in [0.5, 0.6) is 5.75 Å². The molecule has 0 radical (unpaired) electrons. The fourth-order valence-electron chi connectivity index (χ4n) is 2.18. The molecule has 1 aromatic heterocycles. The number of fused-ring (bicyclic) bond motifs is 1. The van der Waals surface area contributed by atoms with E-state index in [2.05, 4.69) is 20.6 Å².